The summed E-state index contributed by atoms with van der Waals surface area (Å²) in [4.78, 5) is 4.26. The highest BCUT2D eigenvalue weighted by molar-refractivity contribution is 14.0. The first kappa shape index (κ1) is 23.4. The number of benzene rings is 2. The normalized spacial score (nSPS) is 10.6. The van der Waals surface area contributed by atoms with Crippen molar-refractivity contribution in [3.63, 3.8) is 0 Å². The first-order valence-corrected chi connectivity index (χ1v) is 8.88. The van der Waals surface area contributed by atoms with E-state index in [0.29, 0.717) is 30.5 Å². The molecule has 0 spiro atoms. The van der Waals surface area contributed by atoms with Gasteiger partial charge < -0.3 is 24.8 Å². The fraction of sp³-hybridized carbons (Fsp3) is 0.316. The molecule has 0 saturated heterocycles. The molecule has 0 bridgehead atoms. The molecule has 2 aromatic rings. The second-order valence-electron chi connectivity index (χ2n) is 5.43. The Morgan fingerprint density at radius 2 is 1.52 bits per heavy atom. The number of nitrogens with one attached hydrogen (secondary N) is 2. The summed E-state index contributed by atoms with van der Waals surface area (Å²) in [6.45, 7) is 1.25. The minimum Gasteiger partial charge on any atom is -0.497 e. The first-order valence-electron chi connectivity index (χ1n) is 8.09. The highest BCUT2D eigenvalue weighted by Crippen LogP contribution is 2.33. The molecule has 0 aliphatic heterocycles. The molecule has 8 heteroatoms. The van der Waals surface area contributed by atoms with Crippen LogP contribution in [0.25, 0.3) is 0 Å². The number of guanidine groups is 1. The number of hydrogen-bond acceptors (Lipinski definition) is 4. The van der Waals surface area contributed by atoms with E-state index in [1.807, 2.05) is 36.4 Å². The maximum absolute atomic E-state index is 5.36. The largest absolute Gasteiger partial charge is 0.497 e. The molecule has 0 aliphatic carbocycles. The molecule has 0 aromatic heterocycles. The zero-order valence-electron chi connectivity index (χ0n) is 15.8. The molecule has 2 aromatic carbocycles. The highest BCUT2D eigenvalue weighted by Gasteiger charge is 2.10. The summed E-state index contributed by atoms with van der Waals surface area (Å²) in [7, 11) is 6.64. The van der Waals surface area contributed by atoms with Crippen molar-refractivity contribution in [2.75, 3.05) is 28.4 Å². The smallest absolute Gasteiger partial charge is 0.191 e. The standard InChI is InChI=1S/C19H24BrN3O3.HI/c1-21-19(22-11-13-5-7-15(24-2)8-6-13)23-12-14-9-17(25-3)18(26-4)10-16(14)20;/h5-10H,11-12H2,1-4H3,(H2,21,22,23);1H. The fourth-order valence-electron chi connectivity index (χ4n) is 2.36. The minimum atomic E-state index is 0. The zero-order valence-corrected chi connectivity index (χ0v) is 19.8. The van der Waals surface area contributed by atoms with E-state index < -0.39 is 0 Å². The second-order valence-corrected chi connectivity index (χ2v) is 6.28. The zero-order chi connectivity index (χ0) is 18.9. The van der Waals surface area contributed by atoms with Crippen molar-refractivity contribution in [1.29, 1.82) is 0 Å². The van der Waals surface area contributed by atoms with Gasteiger partial charge in [-0.2, -0.15) is 0 Å². The van der Waals surface area contributed by atoms with Gasteiger partial charge in [-0.05, 0) is 35.4 Å². The van der Waals surface area contributed by atoms with E-state index in [9.17, 15) is 0 Å². The third-order valence-electron chi connectivity index (χ3n) is 3.84. The summed E-state index contributed by atoms with van der Waals surface area (Å²) in [6, 6.07) is 11.7. The lowest BCUT2D eigenvalue weighted by molar-refractivity contribution is 0.354. The van der Waals surface area contributed by atoms with Crippen LogP contribution in [0.15, 0.2) is 45.9 Å². The lowest BCUT2D eigenvalue weighted by Crippen LogP contribution is -2.36. The van der Waals surface area contributed by atoms with Crippen molar-refractivity contribution >= 4 is 45.9 Å². The van der Waals surface area contributed by atoms with Gasteiger partial charge in [0.2, 0.25) is 0 Å². The number of rotatable bonds is 7. The molecule has 0 saturated carbocycles. The van der Waals surface area contributed by atoms with Crippen LogP contribution in [0.5, 0.6) is 17.2 Å². The predicted octanol–water partition coefficient (Wildman–Crippen LogP) is 3.96. The number of ether oxygens (including phenoxy) is 3. The maximum atomic E-state index is 5.36. The Labute approximate surface area is 185 Å². The SMILES string of the molecule is CN=C(NCc1ccc(OC)cc1)NCc1cc(OC)c(OC)cc1Br.I. The molecule has 0 radical (unpaired) electrons. The van der Waals surface area contributed by atoms with Gasteiger partial charge in [-0.15, -0.1) is 24.0 Å². The van der Waals surface area contributed by atoms with Gasteiger partial charge in [0, 0.05) is 24.6 Å². The van der Waals surface area contributed by atoms with Crippen LogP contribution in [-0.2, 0) is 13.1 Å². The predicted molar refractivity (Wildman–Crippen MR) is 123 cm³/mol. The van der Waals surface area contributed by atoms with E-state index in [2.05, 4.69) is 31.6 Å². The monoisotopic (exact) mass is 549 g/mol. The number of halogens is 2. The van der Waals surface area contributed by atoms with Crippen LogP contribution in [0.4, 0.5) is 0 Å². The Kier molecular flexibility index (Phi) is 10.3. The summed E-state index contributed by atoms with van der Waals surface area (Å²) >= 11 is 3.56. The van der Waals surface area contributed by atoms with Gasteiger partial charge in [-0.3, -0.25) is 4.99 Å². The van der Waals surface area contributed by atoms with Crippen molar-refractivity contribution in [3.8, 4) is 17.2 Å². The van der Waals surface area contributed by atoms with Crippen LogP contribution in [0, 0.1) is 0 Å². The molecule has 0 aliphatic rings. The van der Waals surface area contributed by atoms with Gasteiger partial charge in [0.15, 0.2) is 17.5 Å². The van der Waals surface area contributed by atoms with Crippen LogP contribution in [0.2, 0.25) is 0 Å². The average molecular weight is 550 g/mol. The molecule has 6 nitrogen and oxygen atoms in total. The van der Waals surface area contributed by atoms with Crippen molar-refractivity contribution in [2.45, 2.75) is 13.1 Å². The number of hydrogen-bond donors (Lipinski definition) is 2. The van der Waals surface area contributed by atoms with E-state index in [0.717, 1.165) is 21.3 Å². The average Bonchev–Trinajstić information content (AvgIpc) is 2.69. The molecular formula is C19H25BrIN3O3. The van der Waals surface area contributed by atoms with E-state index in [1.165, 1.54) is 0 Å². The maximum Gasteiger partial charge on any atom is 0.191 e. The van der Waals surface area contributed by atoms with Crippen LogP contribution >= 0.6 is 39.9 Å². The van der Waals surface area contributed by atoms with Gasteiger partial charge in [0.05, 0.1) is 21.3 Å². The summed E-state index contributed by atoms with van der Waals surface area (Å²) < 4.78 is 16.8. The Balaban J connectivity index is 0.00000364. The van der Waals surface area contributed by atoms with Gasteiger partial charge >= 0.3 is 0 Å². The summed E-state index contributed by atoms with van der Waals surface area (Å²) in [5.74, 6) is 2.93. The minimum absolute atomic E-state index is 0. The first-order chi connectivity index (χ1) is 12.6. The third-order valence-corrected chi connectivity index (χ3v) is 4.58. The number of nitrogens with zero attached hydrogens (tertiary/aromatic N) is 1. The van der Waals surface area contributed by atoms with E-state index >= 15 is 0 Å². The van der Waals surface area contributed by atoms with Crippen LogP contribution < -0.4 is 24.8 Å². The number of methoxy groups -OCH3 is 3. The van der Waals surface area contributed by atoms with Crippen molar-refractivity contribution in [1.82, 2.24) is 10.6 Å². The molecule has 0 fully saturated rings. The van der Waals surface area contributed by atoms with E-state index in [1.54, 1.807) is 28.4 Å². The Hall–Kier alpha value is -1.68. The van der Waals surface area contributed by atoms with E-state index in [-0.39, 0.29) is 24.0 Å². The summed E-state index contributed by atoms with van der Waals surface area (Å²) in [5.41, 5.74) is 2.18. The van der Waals surface area contributed by atoms with Gasteiger partial charge in [-0.1, -0.05) is 28.1 Å². The molecule has 2 N–H and O–H groups in total. The second kappa shape index (κ2) is 11.9. The summed E-state index contributed by atoms with van der Waals surface area (Å²) in [6.07, 6.45) is 0. The Bertz CT molecular complexity index is 755. The lowest BCUT2D eigenvalue weighted by atomic mass is 10.2. The van der Waals surface area contributed by atoms with Gasteiger partial charge in [-0.25, -0.2) is 0 Å². The summed E-state index contributed by atoms with van der Waals surface area (Å²) in [5, 5.41) is 6.59. The van der Waals surface area contributed by atoms with Gasteiger partial charge in [0.25, 0.3) is 0 Å². The molecule has 0 amide bonds. The molecule has 2 rings (SSSR count). The molecule has 148 valence electrons. The van der Waals surface area contributed by atoms with Crippen molar-refractivity contribution in [3.05, 3.63) is 52.0 Å². The van der Waals surface area contributed by atoms with Crippen molar-refractivity contribution < 1.29 is 14.2 Å². The fourth-order valence-corrected chi connectivity index (χ4v) is 2.82. The quantitative estimate of drug-likeness (QED) is 0.311. The third kappa shape index (κ3) is 6.76. The Morgan fingerprint density at radius 1 is 0.926 bits per heavy atom. The van der Waals surface area contributed by atoms with Crippen LogP contribution in [0.3, 0.4) is 0 Å². The highest BCUT2D eigenvalue weighted by atomic mass is 127. The van der Waals surface area contributed by atoms with Crippen molar-refractivity contribution in [2.24, 2.45) is 4.99 Å². The molecule has 0 atom stereocenters. The van der Waals surface area contributed by atoms with Crippen LogP contribution in [-0.4, -0.2) is 34.3 Å². The molecule has 27 heavy (non-hydrogen) atoms. The Morgan fingerprint density at radius 3 is 2.07 bits per heavy atom. The van der Waals surface area contributed by atoms with Crippen LogP contribution in [0.1, 0.15) is 11.1 Å². The molecule has 0 unspecified atom stereocenters. The lowest BCUT2D eigenvalue weighted by Gasteiger charge is -2.15. The topological polar surface area (TPSA) is 64.1 Å². The number of aliphatic imine (C=N–C) groups is 1. The molecule has 0 heterocycles. The van der Waals surface area contributed by atoms with Gasteiger partial charge in [0.1, 0.15) is 5.75 Å². The van der Waals surface area contributed by atoms with E-state index in [4.69, 9.17) is 14.2 Å². The molecular weight excluding hydrogens is 525 g/mol.